The summed E-state index contributed by atoms with van der Waals surface area (Å²) in [6.45, 7) is 0. The van der Waals surface area contributed by atoms with Crippen molar-refractivity contribution in [3.8, 4) is 5.69 Å². The molecule has 0 fully saturated rings. The first-order valence-corrected chi connectivity index (χ1v) is 9.24. The van der Waals surface area contributed by atoms with Gasteiger partial charge in [-0.25, -0.2) is 0 Å². The number of hydrogen-bond acceptors (Lipinski definition) is 7. The molecular weight excluding hydrogens is 410 g/mol. The van der Waals surface area contributed by atoms with Crippen LogP contribution in [0.25, 0.3) is 5.69 Å². The van der Waals surface area contributed by atoms with Gasteiger partial charge < -0.3 is 15.6 Å². The summed E-state index contributed by atoms with van der Waals surface area (Å²) in [5.41, 5.74) is 6.75. The Morgan fingerprint density at radius 3 is 2.72 bits per heavy atom. The zero-order chi connectivity index (χ0) is 18.0. The summed E-state index contributed by atoms with van der Waals surface area (Å²) >= 11 is 2.04. The van der Waals surface area contributed by atoms with Gasteiger partial charge in [0.2, 0.25) is 0 Å². The van der Waals surface area contributed by atoms with Crippen LogP contribution in [-0.2, 0) is 11.2 Å². The number of aromatic nitrogens is 5. The molecule has 3 aromatic rings. The van der Waals surface area contributed by atoms with E-state index in [2.05, 4.69) is 41.4 Å². The average Bonchev–Trinajstić information content (AvgIpc) is 3.10. The minimum absolute atomic E-state index is 0.0934. The number of carbonyl (C=O) groups excluding carboxylic acids is 1. The third-order valence-electron chi connectivity index (χ3n) is 3.13. The molecule has 0 aliphatic heterocycles. The van der Waals surface area contributed by atoms with Crippen LogP contribution < -0.4 is 11.1 Å². The van der Waals surface area contributed by atoms with Crippen LogP contribution in [0.1, 0.15) is 10.4 Å². The SMILES string of the molecule is C[S@@+]([O-])c1ncc(C(N)=O)c(Nc2ccc(Br)c(-n3nccn3)c2)n1. The first kappa shape index (κ1) is 17.3. The van der Waals surface area contributed by atoms with Crippen molar-refractivity contribution < 1.29 is 9.35 Å². The van der Waals surface area contributed by atoms with Gasteiger partial charge in [0.1, 0.15) is 17.5 Å². The molecule has 25 heavy (non-hydrogen) atoms. The van der Waals surface area contributed by atoms with Crippen LogP contribution in [0.4, 0.5) is 11.5 Å². The minimum atomic E-state index is -1.40. The third kappa shape index (κ3) is 3.78. The average molecular weight is 422 g/mol. The first-order valence-electron chi connectivity index (χ1n) is 6.89. The highest BCUT2D eigenvalue weighted by Gasteiger charge is 2.17. The van der Waals surface area contributed by atoms with Crippen LogP contribution in [0.2, 0.25) is 0 Å². The minimum Gasteiger partial charge on any atom is -0.609 e. The molecule has 0 saturated carbocycles. The summed E-state index contributed by atoms with van der Waals surface area (Å²) in [7, 11) is 0. The maximum atomic E-state index is 11.6. The summed E-state index contributed by atoms with van der Waals surface area (Å²) in [6.07, 6.45) is 5.82. The summed E-state index contributed by atoms with van der Waals surface area (Å²) in [5.74, 6) is -0.517. The number of nitrogens with zero attached hydrogens (tertiary/aromatic N) is 5. The monoisotopic (exact) mass is 421 g/mol. The van der Waals surface area contributed by atoms with Gasteiger partial charge in [0.25, 0.3) is 5.91 Å². The Morgan fingerprint density at radius 1 is 1.36 bits per heavy atom. The molecule has 0 saturated heterocycles. The van der Waals surface area contributed by atoms with Gasteiger partial charge in [-0.3, -0.25) is 4.79 Å². The predicted molar refractivity (Wildman–Crippen MR) is 95.2 cm³/mol. The van der Waals surface area contributed by atoms with E-state index in [1.165, 1.54) is 17.2 Å². The lowest BCUT2D eigenvalue weighted by Crippen LogP contribution is -2.17. The number of amides is 1. The molecule has 2 aromatic heterocycles. The van der Waals surface area contributed by atoms with Crippen LogP contribution in [0.15, 0.2) is 46.4 Å². The molecule has 11 heteroatoms. The Labute approximate surface area is 154 Å². The van der Waals surface area contributed by atoms with Crippen molar-refractivity contribution in [1.29, 1.82) is 0 Å². The number of anilines is 2. The Balaban J connectivity index is 2.01. The molecule has 2 heterocycles. The van der Waals surface area contributed by atoms with Crippen molar-refractivity contribution in [2.24, 2.45) is 5.73 Å². The van der Waals surface area contributed by atoms with Crippen LogP contribution in [0.5, 0.6) is 0 Å². The van der Waals surface area contributed by atoms with E-state index in [0.717, 1.165) is 4.47 Å². The van der Waals surface area contributed by atoms with E-state index in [4.69, 9.17) is 5.73 Å². The topological polar surface area (TPSA) is 135 Å². The zero-order valence-electron chi connectivity index (χ0n) is 12.9. The lowest BCUT2D eigenvalue weighted by molar-refractivity contribution is 0.1000. The Kier molecular flexibility index (Phi) is 4.97. The largest absolute Gasteiger partial charge is 0.609 e. The van der Waals surface area contributed by atoms with Crippen molar-refractivity contribution in [3.63, 3.8) is 0 Å². The Bertz CT molecular complexity index is 918. The highest BCUT2D eigenvalue weighted by molar-refractivity contribution is 9.10. The molecular formula is C14H12BrN7O2S. The summed E-state index contributed by atoms with van der Waals surface area (Å²) in [4.78, 5) is 21.1. The highest BCUT2D eigenvalue weighted by atomic mass is 79.9. The fourth-order valence-electron chi connectivity index (χ4n) is 2.00. The van der Waals surface area contributed by atoms with E-state index in [0.29, 0.717) is 11.4 Å². The lowest BCUT2D eigenvalue weighted by Gasteiger charge is -2.12. The van der Waals surface area contributed by atoms with Gasteiger partial charge in [0, 0.05) is 21.3 Å². The van der Waals surface area contributed by atoms with Gasteiger partial charge in [-0.1, -0.05) is 0 Å². The summed E-state index contributed by atoms with van der Waals surface area (Å²) in [5, 5.41) is 11.3. The van der Waals surface area contributed by atoms with Gasteiger partial charge >= 0.3 is 5.16 Å². The standard InChI is InChI=1S/C14H12BrN7O2S/c1-25(24)14-17-7-9(12(16)23)13(21-14)20-8-2-3-10(15)11(6-8)22-18-4-5-19-22/h2-7H,1H3,(H2,16,23)(H,17,20,21)/t25-/m1/s1. The van der Waals surface area contributed by atoms with Gasteiger partial charge in [0.15, 0.2) is 5.82 Å². The lowest BCUT2D eigenvalue weighted by atomic mass is 10.2. The number of hydrogen-bond donors (Lipinski definition) is 2. The van der Waals surface area contributed by atoms with E-state index in [1.807, 2.05) is 0 Å². The molecule has 3 rings (SSSR count). The second-order valence-corrected chi connectivity index (χ2v) is 6.97. The molecule has 1 aromatic carbocycles. The number of benzene rings is 1. The van der Waals surface area contributed by atoms with Crippen LogP contribution in [0, 0.1) is 0 Å². The number of rotatable bonds is 5. The van der Waals surface area contributed by atoms with Gasteiger partial charge in [-0.2, -0.15) is 25.0 Å². The Morgan fingerprint density at radius 2 is 2.08 bits per heavy atom. The molecule has 0 aliphatic rings. The van der Waals surface area contributed by atoms with Crippen LogP contribution >= 0.6 is 15.9 Å². The second kappa shape index (κ2) is 7.17. The molecule has 0 aliphatic carbocycles. The molecule has 1 amide bonds. The maximum Gasteiger partial charge on any atom is 0.344 e. The number of halogens is 1. The van der Waals surface area contributed by atoms with Crippen LogP contribution in [-0.4, -0.2) is 41.7 Å². The van der Waals surface area contributed by atoms with E-state index in [9.17, 15) is 9.35 Å². The van der Waals surface area contributed by atoms with Gasteiger partial charge in [-0.05, 0) is 34.1 Å². The number of nitrogens with one attached hydrogen (secondary N) is 1. The van der Waals surface area contributed by atoms with Crippen molar-refractivity contribution in [2.75, 3.05) is 11.6 Å². The number of carbonyl (C=O) groups is 1. The molecule has 0 radical (unpaired) electrons. The molecule has 128 valence electrons. The van der Waals surface area contributed by atoms with E-state index in [1.54, 1.807) is 30.6 Å². The predicted octanol–water partition coefficient (Wildman–Crippen LogP) is 1.40. The fourth-order valence-corrected chi connectivity index (χ4v) is 2.83. The van der Waals surface area contributed by atoms with Crippen molar-refractivity contribution in [1.82, 2.24) is 25.0 Å². The fraction of sp³-hybridized carbons (Fsp3) is 0.0714. The quantitative estimate of drug-likeness (QED) is 0.469. The summed E-state index contributed by atoms with van der Waals surface area (Å²) in [6, 6.07) is 5.33. The smallest absolute Gasteiger partial charge is 0.344 e. The van der Waals surface area contributed by atoms with Crippen LogP contribution in [0.3, 0.4) is 0 Å². The number of primary amides is 1. The normalized spacial score (nSPS) is 12.0. The van der Waals surface area contributed by atoms with Crippen molar-refractivity contribution in [2.45, 2.75) is 5.16 Å². The zero-order valence-corrected chi connectivity index (χ0v) is 15.3. The van der Waals surface area contributed by atoms with Crippen molar-refractivity contribution >= 4 is 44.5 Å². The molecule has 9 nitrogen and oxygen atoms in total. The first-order chi connectivity index (χ1) is 12.0. The maximum absolute atomic E-state index is 11.6. The van der Waals surface area contributed by atoms with Crippen molar-refractivity contribution in [3.05, 3.63) is 46.8 Å². The molecule has 1 atom stereocenters. The molecule has 3 N–H and O–H groups in total. The second-order valence-electron chi connectivity index (χ2n) is 4.84. The van der Waals surface area contributed by atoms with Gasteiger partial charge in [0.05, 0.1) is 18.6 Å². The molecule has 0 unspecified atom stereocenters. The summed E-state index contributed by atoms with van der Waals surface area (Å²) < 4.78 is 12.4. The number of nitrogens with two attached hydrogens (primary N) is 1. The van der Waals surface area contributed by atoms with E-state index >= 15 is 0 Å². The third-order valence-corrected chi connectivity index (χ3v) is 4.51. The molecule has 0 bridgehead atoms. The molecule has 0 spiro atoms. The highest BCUT2D eigenvalue weighted by Crippen LogP contribution is 2.26. The van der Waals surface area contributed by atoms with E-state index < -0.39 is 17.1 Å². The Hall–Kier alpha value is -2.50. The van der Waals surface area contributed by atoms with Gasteiger partial charge in [-0.15, -0.1) is 0 Å². The van der Waals surface area contributed by atoms with E-state index in [-0.39, 0.29) is 16.5 Å².